The average Bonchev–Trinajstić information content (AvgIpc) is 3.16. The van der Waals surface area contributed by atoms with Crippen molar-refractivity contribution >= 4 is 23.1 Å². The van der Waals surface area contributed by atoms with Crippen LogP contribution in [0.25, 0.3) is 11.2 Å². The summed E-state index contributed by atoms with van der Waals surface area (Å²) in [6, 6.07) is 6.85. The number of nitrogens with two attached hydrogens (primary N) is 2. The van der Waals surface area contributed by atoms with Crippen LogP contribution in [0.2, 0.25) is 0 Å². The molecule has 0 aliphatic carbocycles. The minimum Gasteiger partial charge on any atom is -0.382 e. The maximum Gasteiger partial charge on any atom is 0.283 e. The molecular weight excluding hydrogens is 434 g/mol. The smallest absolute Gasteiger partial charge is 0.283 e. The summed E-state index contributed by atoms with van der Waals surface area (Å²) in [5.41, 5.74) is 10.4. The van der Waals surface area contributed by atoms with Gasteiger partial charge in [-0.1, -0.05) is 0 Å². The third kappa shape index (κ3) is 3.64. The van der Waals surface area contributed by atoms with Crippen molar-refractivity contribution in [2.24, 2.45) is 0 Å². The molecule has 4 rings (SSSR count). The lowest BCUT2D eigenvalue weighted by molar-refractivity contribution is 0.578. The number of aromatic nitrogens is 5. The highest BCUT2D eigenvalue weighted by Crippen LogP contribution is 2.25. The molecule has 3 aromatic heterocycles. The zero-order valence-corrected chi connectivity index (χ0v) is 16.9. The quantitative estimate of drug-likeness (QED) is 0.419. The summed E-state index contributed by atoms with van der Waals surface area (Å²) in [6.07, 6.45) is 1.41. The van der Waals surface area contributed by atoms with E-state index < -0.39 is 23.2 Å². The van der Waals surface area contributed by atoms with Crippen LogP contribution >= 0.6 is 0 Å². The Bertz CT molecular complexity index is 1540. The Morgan fingerprint density at radius 1 is 1.12 bits per heavy atom. The van der Waals surface area contributed by atoms with E-state index in [2.05, 4.69) is 20.4 Å². The second-order valence-electron chi connectivity index (χ2n) is 6.93. The van der Waals surface area contributed by atoms with E-state index in [9.17, 15) is 24.1 Å². The van der Waals surface area contributed by atoms with Crippen LogP contribution < -0.4 is 22.3 Å². The Kier molecular flexibility index (Phi) is 5.07. The number of benzene rings is 1. The van der Waals surface area contributed by atoms with Crippen molar-refractivity contribution in [1.82, 2.24) is 24.1 Å². The fourth-order valence-corrected chi connectivity index (χ4v) is 3.35. The van der Waals surface area contributed by atoms with Crippen LogP contribution in [0, 0.1) is 34.3 Å². The molecule has 0 aliphatic rings. The van der Waals surface area contributed by atoms with E-state index in [4.69, 9.17) is 11.5 Å². The van der Waals surface area contributed by atoms with Gasteiger partial charge in [0.1, 0.15) is 40.7 Å². The number of nitrogens with one attached hydrogen (secondary N) is 1. The zero-order valence-electron chi connectivity index (χ0n) is 16.9. The summed E-state index contributed by atoms with van der Waals surface area (Å²) in [7, 11) is 0. The lowest BCUT2D eigenvalue weighted by atomic mass is 10.2. The van der Waals surface area contributed by atoms with Gasteiger partial charge >= 0.3 is 0 Å². The number of halogens is 2. The third-order valence-corrected chi connectivity index (χ3v) is 4.74. The molecule has 0 unspecified atom stereocenters. The fourth-order valence-electron chi connectivity index (χ4n) is 3.35. The molecule has 4 aromatic rings. The molecule has 0 fully saturated rings. The normalized spacial score (nSPS) is 11.7. The van der Waals surface area contributed by atoms with Crippen LogP contribution in [0.15, 0.2) is 35.3 Å². The molecule has 0 amide bonds. The standard InChI is InChI=1S/C20H14F2N10O/c1-9(27-17-14(8-24)16(25)28-20(26)29-17)18-30-31-3-2-10(7-23)15(31)19(33)32(18)13-5-11(21)4-12(22)6-13/h2-6,9H,1H3,(H5,25,26,27,28,29)/t9-/m0/s1. The molecule has 3 heterocycles. The van der Waals surface area contributed by atoms with Crippen molar-refractivity contribution in [3.05, 3.63) is 69.4 Å². The number of nitriles is 2. The summed E-state index contributed by atoms with van der Waals surface area (Å²) in [5, 5.41) is 26.0. The van der Waals surface area contributed by atoms with Crippen molar-refractivity contribution in [2.45, 2.75) is 13.0 Å². The predicted octanol–water partition coefficient (Wildman–Crippen LogP) is 1.63. The molecule has 5 N–H and O–H groups in total. The van der Waals surface area contributed by atoms with Crippen LogP contribution in [-0.2, 0) is 0 Å². The first kappa shape index (κ1) is 21.2. The third-order valence-electron chi connectivity index (χ3n) is 4.74. The van der Waals surface area contributed by atoms with Gasteiger partial charge in [0.05, 0.1) is 17.3 Å². The highest BCUT2D eigenvalue weighted by molar-refractivity contribution is 5.65. The van der Waals surface area contributed by atoms with Gasteiger partial charge in [-0.15, -0.1) is 0 Å². The van der Waals surface area contributed by atoms with E-state index in [-0.39, 0.29) is 45.7 Å². The fraction of sp³-hybridized carbons (Fsp3) is 0.100. The summed E-state index contributed by atoms with van der Waals surface area (Å²) in [6.45, 7) is 1.57. The number of fused-ring (bicyclic) bond motifs is 1. The minimum absolute atomic E-state index is 0.00256. The van der Waals surface area contributed by atoms with Gasteiger partial charge in [0.2, 0.25) is 5.95 Å². The first-order valence-corrected chi connectivity index (χ1v) is 9.34. The maximum absolute atomic E-state index is 14.0. The molecule has 0 saturated carbocycles. The van der Waals surface area contributed by atoms with Crippen LogP contribution in [0.3, 0.4) is 0 Å². The van der Waals surface area contributed by atoms with E-state index in [0.29, 0.717) is 6.07 Å². The lowest BCUT2D eigenvalue weighted by Crippen LogP contribution is -2.30. The minimum atomic E-state index is -0.915. The average molecular weight is 448 g/mol. The van der Waals surface area contributed by atoms with Gasteiger partial charge in [0.25, 0.3) is 5.56 Å². The van der Waals surface area contributed by atoms with Crippen molar-refractivity contribution in [3.8, 4) is 17.8 Å². The van der Waals surface area contributed by atoms with Gasteiger partial charge < -0.3 is 16.8 Å². The molecular formula is C20H14F2N10O. The highest BCUT2D eigenvalue weighted by atomic mass is 19.1. The Balaban J connectivity index is 1.97. The molecule has 0 spiro atoms. The SMILES string of the molecule is C[C@H](Nc1nc(N)nc(N)c1C#N)c1nn2ccc(C#N)c2c(=O)n1-c1cc(F)cc(F)c1. The van der Waals surface area contributed by atoms with Crippen molar-refractivity contribution < 1.29 is 8.78 Å². The summed E-state index contributed by atoms with van der Waals surface area (Å²) in [5.74, 6) is -2.21. The van der Waals surface area contributed by atoms with E-state index in [1.807, 2.05) is 12.1 Å². The number of nitrogens with zero attached hydrogens (tertiary/aromatic N) is 7. The van der Waals surface area contributed by atoms with Crippen LogP contribution in [0.1, 0.15) is 29.9 Å². The van der Waals surface area contributed by atoms with E-state index in [0.717, 1.165) is 16.7 Å². The molecule has 0 aliphatic heterocycles. The monoisotopic (exact) mass is 448 g/mol. The van der Waals surface area contributed by atoms with Crippen molar-refractivity contribution in [3.63, 3.8) is 0 Å². The van der Waals surface area contributed by atoms with Crippen LogP contribution in [-0.4, -0.2) is 24.1 Å². The van der Waals surface area contributed by atoms with E-state index >= 15 is 0 Å². The first-order valence-electron chi connectivity index (χ1n) is 9.34. The Labute approximate surface area is 184 Å². The molecule has 33 heavy (non-hydrogen) atoms. The largest absolute Gasteiger partial charge is 0.382 e. The van der Waals surface area contributed by atoms with Crippen molar-refractivity contribution in [2.75, 3.05) is 16.8 Å². The van der Waals surface area contributed by atoms with Gasteiger partial charge in [-0.3, -0.25) is 9.36 Å². The van der Waals surface area contributed by atoms with E-state index in [1.54, 1.807) is 6.92 Å². The molecule has 13 heteroatoms. The number of nitrogen functional groups attached to an aromatic ring is 2. The van der Waals surface area contributed by atoms with Gasteiger partial charge in [-0.25, -0.2) is 13.3 Å². The summed E-state index contributed by atoms with van der Waals surface area (Å²) in [4.78, 5) is 21.1. The Morgan fingerprint density at radius 2 is 1.82 bits per heavy atom. The molecule has 0 bridgehead atoms. The summed E-state index contributed by atoms with van der Waals surface area (Å²) >= 11 is 0. The van der Waals surface area contributed by atoms with Crippen LogP contribution in [0.4, 0.5) is 26.4 Å². The molecule has 11 nitrogen and oxygen atoms in total. The van der Waals surface area contributed by atoms with Gasteiger partial charge in [-0.05, 0) is 25.1 Å². The number of anilines is 3. The zero-order chi connectivity index (χ0) is 23.9. The second kappa shape index (κ2) is 7.90. The Hall–Kier alpha value is -5.04. The molecule has 1 atom stereocenters. The molecule has 0 radical (unpaired) electrons. The summed E-state index contributed by atoms with van der Waals surface area (Å²) < 4.78 is 30.1. The van der Waals surface area contributed by atoms with Gasteiger partial charge in [-0.2, -0.15) is 25.6 Å². The highest BCUT2D eigenvalue weighted by Gasteiger charge is 2.23. The number of hydrogen-bond acceptors (Lipinski definition) is 9. The lowest BCUT2D eigenvalue weighted by Gasteiger charge is -2.20. The second-order valence-corrected chi connectivity index (χ2v) is 6.93. The molecule has 164 valence electrons. The number of hydrogen-bond donors (Lipinski definition) is 3. The van der Waals surface area contributed by atoms with Crippen LogP contribution in [0.5, 0.6) is 0 Å². The van der Waals surface area contributed by atoms with Crippen molar-refractivity contribution in [1.29, 1.82) is 10.5 Å². The topological polar surface area (TPSA) is 177 Å². The predicted molar refractivity (Wildman–Crippen MR) is 113 cm³/mol. The molecule has 1 aromatic carbocycles. The van der Waals surface area contributed by atoms with Gasteiger partial charge in [0.15, 0.2) is 11.6 Å². The van der Waals surface area contributed by atoms with Gasteiger partial charge in [0, 0.05) is 12.3 Å². The van der Waals surface area contributed by atoms with E-state index in [1.165, 1.54) is 16.8 Å². The first-order chi connectivity index (χ1) is 15.7. The molecule has 0 saturated heterocycles. The Morgan fingerprint density at radius 3 is 2.45 bits per heavy atom. The number of rotatable bonds is 4. The maximum atomic E-state index is 14.0.